The van der Waals surface area contributed by atoms with Crippen LogP contribution in [0.5, 0.6) is 0 Å². The van der Waals surface area contributed by atoms with Gasteiger partial charge in [-0.3, -0.25) is 4.79 Å². The van der Waals surface area contributed by atoms with Crippen LogP contribution in [0, 0.1) is 0 Å². The van der Waals surface area contributed by atoms with Gasteiger partial charge in [0.25, 0.3) is 5.91 Å². The van der Waals surface area contributed by atoms with E-state index in [0.717, 1.165) is 27.9 Å². The van der Waals surface area contributed by atoms with Crippen molar-refractivity contribution >= 4 is 41.0 Å². The summed E-state index contributed by atoms with van der Waals surface area (Å²) in [5.74, 6) is 0.104. The van der Waals surface area contributed by atoms with Crippen molar-refractivity contribution in [2.75, 3.05) is 25.6 Å². The Labute approximate surface area is 109 Å². The maximum atomic E-state index is 12.3. The molecule has 0 aliphatic carbocycles. The summed E-state index contributed by atoms with van der Waals surface area (Å²) >= 11 is 4.54. The number of rotatable bonds is 5. The highest BCUT2D eigenvalue weighted by molar-refractivity contribution is 8.01. The molecule has 1 aromatic heterocycles. The van der Waals surface area contributed by atoms with Crippen LogP contribution in [0.4, 0.5) is 0 Å². The van der Waals surface area contributed by atoms with E-state index in [2.05, 4.69) is 4.37 Å². The molecule has 6 heteroatoms. The fraction of sp³-hybridized carbons (Fsp3) is 0.600. The first-order chi connectivity index (χ1) is 7.69. The van der Waals surface area contributed by atoms with Crippen LogP contribution in [0.3, 0.4) is 0 Å². The minimum Gasteiger partial charge on any atom is -0.339 e. The predicted octanol–water partition coefficient (Wildman–Crippen LogP) is 3.07. The van der Waals surface area contributed by atoms with E-state index >= 15 is 0 Å². The van der Waals surface area contributed by atoms with E-state index in [9.17, 15) is 4.79 Å². The third-order valence-electron chi connectivity index (χ3n) is 2.27. The summed E-state index contributed by atoms with van der Waals surface area (Å²) in [4.78, 5) is 14.1. The van der Waals surface area contributed by atoms with Crippen molar-refractivity contribution < 1.29 is 4.79 Å². The van der Waals surface area contributed by atoms with E-state index in [1.807, 2.05) is 31.3 Å². The molecule has 1 rings (SSSR count). The van der Waals surface area contributed by atoms with E-state index in [1.54, 1.807) is 11.8 Å². The summed E-state index contributed by atoms with van der Waals surface area (Å²) in [6.45, 7) is 5.48. The van der Waals surface area contributed by atoms with Crippen LogP contribution < -0.4 is 0 Å². The maximum absolute atomic E-state index is 12.3. The Hall–Kier alpha value is -0.200. The molecule has 0 radical (unpaired) electrons. The topological polar surface area (TPSA) is 33.2 Å². The number of carbonyl (C=O) groups is 1. The van der Waals surface area contributed by atoms with Gasteiger partial charge < -0.3 is 4.90 Å². The van der Waals surface area contributed by atoms with Gasteiger partial charge in [-0.15, -0.1) is 23.5 Å². The van der Waals surface area contributed by atoms with Gasteiger partial charge in [-0.25, -0.2) is 0 Å². The number of amides is 1. The van der Waals surface area contributed by atoms with Crippen LogP contribution in [0.1, 0.15) is 24.2 Å². The lowest BCUT2D eigenvalue weighted by atomic mass is 10.3. The Bertz CT molecular complexity index is 339. The normalized spacial score (nSPS) is 10.5. The highest BCUT2D eigenvalue weighted by Crippen LogP contribution is 2.33. The molecule has 0 atom stereocenters. The van der Waals surface area contributed by atoms with Crippen molar-refractivity contribution in [2.45, 2.75) is 23.1 Å². The Morgan fingerprint density at radius 2 is 1.94 bits per heavy atom. The third-order valence-corrected chi connectivity index (χ3v) is 5.01. The zero-order chi connectivity index (χ0) is 12.1. The number of hydrogen-bond donors (Lipinski definition) is 0. The lowest BCUT2D eigenvalue weighted by molar-refractivity contribution is 0.0766. The molecule has 16 heavy (non-hydrogen) atoms. The molecule has 0 unspecified atom stereocenters. The summed E-state index contributed by atoms with van der Waals surface area (Å²) < 4.78 is 5.33. The average Bonchev–Trinajstić information content (AvgIpc) is 2.72. The molecular formula is C10H16N2OS3. The standard InChI is InChI=1S/C10H16N2OS3/c1-5-12(6-2)9(13)7-8(14-3)11-16-10(7)15-4/h5-6H2,1-4H3. The molecule has 0 aromatic carbocycles. The largest absolute Gasteiger partial charge is 0.339 e. The average molecular weight is 276 g/mol. The van der Waals surface area contributed by atoms with Gasteiger partial charge in [0.2, 0.25) is 0 Å². The summed E-state index contributed by atoms with van der Waals surface area (Å²) in [6, 6.07) is 0. The number of hydrogen-bond acceptors (Lipinski definition) is 5. The molecule has 0 fully saturated rings. The zero-order valence-corrected chi connectivity index (χ0v) is 12.4. The predicted molar refractivity (Wildman–Crippen MR) is 72.9 cm³/mol. The highest BCUT2D eigenvalue weighted by atomic mass is 32.2. The molecule has 0 saturated heterocycles. The number of carbonyl (C=O) groups excluding carboxylic acids is 1. The van der Waals surface area contributed by atoms with Gasteiger partial charge in [-0.2, -0.15) is 4.37 Å². The van der Waals surface area contributed by atoms with Gasteiger partial charge in [0.05, 0.1) is 9.77 Å². The van der Waals surface area contributed by atoms with Crippen LogP contribution in [0.15, 0.2) is 9.24 Å². The van der Waals surface area contributed by atoms with Crippen LogP contribution in [-0.2, 0) is 0 Å². The molecular weight excluding hydrogens is 260 g/mol. The summed E-state index contributed by atoms with van der Waals surface area (Å²) in [5, 5.41) is 0.853. The molecule has 1 amide bonds. The second-order valence-corrected chi connectivity index (χ2v) is 5.68. The first-order valence-electron chi connectivity index (χ1n) is 5.06. The molecule has 0 bridgehead atoms. The lowest BCUT2D eigenvalue weighted by Gasteiger charge is -2.18. The number of thioether (sulfide) groups is 2. The first kappa shape index (κ1) is 13.9. The van der Waals surface area contributed by atoms with Gasteiger partial charge in [0, 0.05) is 13.1 Å². The molecule has 0 aliphatic heterocycles. The van der Waals surface area contributed by atoms with Crippen LogP contribution in [0.25, 0.3) is 0 Å². The molecule has 1 heterocycles. The first-order valence-corrected chi connectivity index (χ1v) is 8.28. The third kappa shape index (κ3) is 2.73. The molecule has 0 spiro atoms. The van der Waals surface area contributed by atoms with Gasteiger partial charge in [-0.05, 0) is 37.9 Å². The summed E-state index contributed by atoms with van der Waals surface area (Å²) in [5.41, 5.74) is 0.786. The van der Waals surface area contributed by atoms with E-state index in [4.69, 9.17) is 0 Å². The van der Waals surface area contributed by atoms with Crippen molar-refractivity contribution in [2.24, 2.45) is 0 Å². The van der Waals surface area contributed by atoms with Crippen LogP contribution in [0.2, 0.25) is 0 Å². The molecule has 1 aromatic rings. The monoisotopic (exact) mass is 276 g/mol. The van der Waals surface area contributed by atoms with E-state index < -0.39 is 0 Å². The second kappa shape index (κ2) is 6.51. The molecule has 0 N–H and O–H groups in total. The van der Waals surface area contributed by atoms with Gasteiger partial charge >= 0.3 is 0 Å². The SMILES string of the molecule is CCN(CC)C(=O)c1c(SC)nsc1SC. The highest BCUT2D eigenvalue weighted by Gasteiger charge is 2.23. The van der Waals surface area contributed by atoms with Crippen molar-refractivity contribution in [3.05, 3.63) is 5.56 Å². The fourth-order valence-electron chi connectivity index (χ4n) is 1.39. The molecule has 0 saturated carbocycles. The Balaban J connectivity index is 3.09. The van der Waals surface area contributed by atoms with E-state index in [0.29, 0.717) is 0 Å². The lowest BCUT2D eigenvalue weighted by Crippen LogP contribution is -2.30. The molecule has 3 nitrogen and oxygen atoms in total. The van der Waals surface area contributed by atoms with Gasteiger partial charge in [0.15, 0.2) is 0 Å². The van der Waals surface area contributed by atoms with Crippen LogP contribution in [-0.4, -0.2) is 40.8 Å². The van der Waals surface area contributed by atoms with Gasteiger partial charge in [0.1, 0.15) is 5.03 Å². The zero-order valence-electron chi connectivity index (χ0n) is 9.94. The number of aromatic nitrogens is 1. The van der Waals surface area contributed by atoms with Crippen molar-refractivity contribution in [3.63, 3.8) is 0 Å². The van der Waals surface area contributed by atoms with Crippen molar-refractivity contribution in [1.82, 2.24) is 9.27 Å². The Morgan fingerprint density at radius 1 is 1.31 bits per heavy atom. The van der Waals surface area contributed by atoms with Crippen molar-refractivity contribution in [3.8, 4) is 0 Å². The smallest absolute Gasteiger partial charge is 0.258 e. The second-order valence-electron chi connectivity index (χ2n) is 3.04. The summed E-state index contributed by atoms with van der Waals surface area (Å²) in [6.07, 6.45) is 3.94. The molecule has 0 aliphatic rings. The van der Waals surface area contributed by atoms with Crippen LogP contribution >= 0.6 is 35.1 Å². The minimum absolute atomic E-state index is 0.104. The molecule has 90 valence electrons. The fourth-order valence-corrected chi connectivity index (χ4v) is 3.65. The maximum Gasteiger partial charge on any atom is 0.258 e. The Morgan fingerprint density at radius 3 is 2.38 bits per heavy atom. The van der Waals surface area contributed by atoms with E-state index in [1.165, 1.54) is 23.3 Å². The summed E-state index contributed by atoms with van der Waals surface area (Å²) in [7, 11) is 0. The van der Waals surface area contributed by atoms with Gasteiger partial charge in [-0.1, -0.05) is 0 Å². The van der Waals surface area contributed by atoms with E-state index in [-0.39, 0.29) is 5.91 Å². The van der Waals surface area contributed by atoms with Crippen molar-refractivity contribution in [1.29, 1.82) is 0 Å². The Kier molecular flexibility index (Phi) is 5.64. The minimum atomic E-state index is 0.104. The quantitative estimate of drug-likeness (QED) is 0.774. The number of nitrogens with zero attached hydrogens (tertiary/aromatic N) is 2.